The van der Waals surface area contributed by atoms with Gasteiger partial charge in [0.2, 0.25) is 0 Å². The third kappa shape index (κ3) is 2.10. The summed E-state index contributed by atoms with van der Waals surface area (Å²) in [5.41, 5.74) is 0.315. The molecular formula is C27H36N2O4. The molecule has 6 nitrogen and oxygen atoms in total. The van der Waals surface area contributed by atoms with Gasteiger partial charge in [-0.1, -0.05) is 26.8 Å². The van der Waals surface area contributed by atoms with Crippen LogP contribution in [0.2, 0.25) is 0 Å². The SMILES string of the molecule is COc1ccc2c3c1OC1[C@@]4(OC)CC[C@@]5(C[C@@H]4C(C)(O)C(C)(C)C)[C@@H](C2)N(C#N)CC[C@]315. The first-order valence-electron chi connectivity index (χ1n) is 12.3. The minimum absolute atomic E-state index is 0.107. The molecule has 7 rings (SSSR count). The lowest BCUT2D eigenvalue weighted by Gasteiger charge is -2.75. The van der Waals surface area contributed by atoms with Gasteiger partial charge in [0.05, 0.1) is 12.7 Å². The molecule has 33 heavy (non-hydrogen) atoms. The first-order chi connectivity index (χ1) is 15.5. The molecular weight excluding hydrogens is 416 g/mol. The van der Waals surface area contributed by atoms with E-state index in [1.165, 1.54) is 11.1 Å². The van der Waals surface area contributed by atoms with Crippen LogP contribution in [0.3, 0.4) is 0 Å². The fourth-order valence-electron chi connectivity index (χ4n) is 8.91. The molecule has 0 amide bonds. The van der Waals surface area contributed by atoms with Crippen molar-refractivity contribution in [3.63, 3.8) is 0 Å². The van der Waals surface area contributed by atoms with E-state index in [2.05, 4.69) is 33.0 Å². The molecule has 1 saturated heterocycles. The minimum Gasteiger partial charge on any atom is -0.493 e. The third-order valence-electron chi connectivity index (χ3n) is 10.9. The number of aliphatic hydroxyl groups is 1. The van der Waals surface area contributed by atoms with Gasteiger partial charge >= 0.3 is 0 Å². The van der Waals surface area contributed by atoms with Crippen LogP contribution in [-0.2, 0) is 16.6 Å². The molecule has 1 aromatic carbocycles. The standard InChI is InChI=1S/C27H36N2O4/c1-23(2,3)24(4,30)18-14-25-9-10-27(18,32-6)22-26(25)11-12-29(15-28)19(25)13-16-7-8-17(31-5)21(33-22)20(16)26/h7-8,18-19,22,30H,9-14H2,1-6H3/t18-,19-,22?,24?,25-,26+,27-/m1/s1. The van der Waals surface area contributed by atoms with E-state index in [1.807, 2.05) is 17.9 Å². The second kappa shape index (κ2) is 6.17. The van der Waals surface area contributed by atoms with Crippen LogP contribution >= 0.6 is 0 Å². The number of rotatable bonds is 3. The van der Waals surface area contributed by atoms with E-state index < -0.39 is 11.2 Å². The van der Waals surface area contributed by atoms with E-state index in [1.54, 1.807) is 14.2 Å². The van der Waals surface area contributed by atoms with Gasteiger partial charge in [-0.05, 0) is 56.1 Å². The molecule has 3 saturated carbocycles. The summed E-state index contributed by atoms with van der Waals surface area (Å²) in [5, 5.41) is 22.2. The molecule has 4 fully saturated rings. The largest absolute Gasteiger partial charge is 0.493 e. The molecule has 1 N–H and O–H groups in total. The molecule has 178 valence electrons. The number of benzene rings is 1. The van der Waals surface area contributed by atoms with E-state index in [0.29, 0.717) is 0 Å². The molecule has 2 heterocycles. The molecule has 2 unspecified atom stereocenters. The molecule has 2 spiro atoms. The van der Waals surface area contributed by atoms with Gasteiger partial charge in [0.25, 0.3) is 0 Å². The summed E-state index contributed by atoms with van der Waals surface area (Å²) in [4.78, 5) is 2.03. The highest BCUT2D eigenvalue weighted by Gasteiger charge is 2.82. The summed E-state index contributed by atoms with van der Waals surface area (Å²) >= 11 is 0. The highest BCUT2D eigenvalue weighted by atomic mass is 16.6. The van der Waals surface area contributed by atoms with Gasteiger partial charge in [0, 0.05) is 42.0 Å². The lowest BCUT2D eigenvalue weighted by atomic mass is 9.33. The van der Waals surface area contributed by atoms with Crippen LogP contribution in [0.25, 0.3) is 0 Å². The number of likely N-dealkylation sites (tertiary alicyclic amines) is 1. The number of hydrogen-bond acceptors (Lipinski definition) is 6. The Morgan fingerprint density at radius 2 is 1.94 bits per heavy atom. The zero-order valence-corrected chi connectivity index (χ0v) is 20.7. The number of piperidine rings is 1. The van der Waals surface area contributed by atoms with E-state index in [9.17, 15) is 10.4 Å². The number of hydrogen-bond donors (Lipinski definition) is 1. The Balaban J connectivity index is 1.66. The van der Waals surface area contributed by atoms with Crippen LogP contribution in [0, 0.1) is 28.2 Å². The van der Waals surface area contributed by atoms with Gasteiger partial charge < -0.3 is 24.2 Å². The molecule has 6 heteroatoms. The molecule has 6 aliphatic rings. The van der Waals surface area contributed by atoms with E-state index in [-0.39, 0.29) is 34.3 Å². The quantitative estimate of drug-likeness (QED) is 0.704. The first-order valence-corrected chi connectivity index (χ1v) is 12.3. The Morgan fingerprint density at radius 3 is 2.58 bits per heavy atom. The Bertz CT molecular complexity index is 1070. The van der Waals surface area contributed by atoms with Gasteiger partial charge in [0.15, 0.2) is 17.7 Å². The van der Waals surface area contributed by atoms with Crippen LogP contribution < -0.4 is 9.47 Å². The van der Waals surface area contributed by atoms with Gasteiger partial charge in [-0.25, -0.2) is 0 Å². The molecule has 4 bridgehead atoms. The van der Waals surface area contributed by atoms with Crippen LogP contribution in [0.15, 0.2) is 12.1 Å². The Morgan fingerprint density at radius 1 is 1.18 bits per heavy atom. The number of nitriles is 1. The summed E-state index contributed by atoms with van der Waals surface area (Å²) in [6.07, 6.45) is 6.68. The second-order valence-electron chi connectivity index (χ2n) is 12.3. The van der Waals surface area contributed by atoms with E-state index in [0.717, 1.165) is 50.1 Å². The fraction of sp³-hybridized carbons (Fsp3) is 0.741. The van der Waals surface area contributed by atoms with Crippen LogP contribution in [0.4, 0.5) is 0 Å². The lowest BCUT2D eigenvalue weighted by Crippen LogP contribution is -2.83. The highest BCUT2D eigenvalue weighted by Crippen LogP contribution is 2.77. The monoisotopic (exact) mass is 452 g/mol. The maximum atomic E-state index is 12.1. The van der Waals surface area contributed by atoms with Crippen molar-refractivity contribution in [3.8, 4) is 17.7 Å². The normalized spacial score (nSPS) is 41.6. The Hall–Kier alpha value is -1.97. The highest BCUT2D eigenvalue weighted by molar-refractivity contribution is 5.63. The summed E-state index contributed by atoms with van der Waals surface area (Å²) in [6, 6.07) is 4.30. The predicted octanol–water partition coefficient (Wildman–Crippen LogP) is 3.79. The summed E-state index contributed by atoms with van der Waals surface area (Å²) < 4.78 is 19.3. The zero-order chi connectivity index (χ0) is 23.6. The lowest BCUT2D eigenvalue weighted by molar-refractivity contribution is -0.309. The van der Waals surface area contributed by atoms with Crippen LogP contribution in [0.5, 0.6) is 11.5 Å². The zero-order valence-electron chi connectivity index (χ0n) is 20.7. The second-order valence-corrected chi connectivity index (χ2v) is 12.3. The maximum absolute atomic E-state index is 12.1. The van der Waals surface area contributed by atoms with Crippen LogP contribution in [-0.4, -0.2) is 54.1 Å². The minimum atomic E-state index is -0.966. The maximum Gasteiger partial charge on any atom is 0.179 e. The van der Waals surface area contributed by atoms with Gasteiger partial charge in [0.1, 0.15) is 11.7 Å². The molecule has 0 aromatic heterocycles. The van der Waals surface area contributed by atoms with Crippen molar-refractivity contribution >= 4 is 0 Å². The number of ether oxygens (including phenoxy) is 3. The van der Waals surface area contributed by atoms with Crippen molar-refractivity contribution in [2.24, 2.45) is 16.7 Å². The molecule has 7 atom stereocenters. The van der Waals surface area contributed by atoms with Crippen molar-refractivity contribution in [2.45, 2.75) is 88.6 Å². The summed E-state index contributed by atoms with van der Waals surface area (Å²) in [7, 11) is 3.50. The third-order valence-corrected chi connectivity index (χ3v) is 10.9. The van der Waals surface area contributed by atoms with Crippen LogP contribution in [0.1, 0.15) is 64.5 Å². The summed E-state index contributed by atoms with van der Waals surface area (Å²) in [5.74, 6) is 1.54. The van der Waals surface area contributed by atoms with Gasteiger partial charge in [-0.3, -0.25) is 0 Å². The van der Waals surface area contributed by atoms with Gasteiger partial charge in [-0.2, -0.15) is 5.26 Å². The molecule has 4 aliphatic carbocycles. The predicted molar refractivity (Wildman–Crippen MR) is 123 cm³/mol. The number of fused-ring (bicyclic) bond motifs is 2. The average molecular weight is 453 g/mol. The van der Waals surface area contributed by atoms with Crippen molar-refractivity contribution in [1.29, 1.82) is 5.26 Å². The topological polar surface area (TPSA) is 75.0 Å². The van der Waals surface area contributed by atoms with E-state index in [4.69, 9.17) is 14.2 Å². The molecule has 2 aliphatic heterocycles. The number of methoxy groups -OCH3 is 2. The first kappa shape index (κ1) is 21.6. The van der Waals surface area contributed by atoms with Gasteiger partial charge in [-0.15, -0.1) is 0 Å². The van der Waals surface area contributed by atoms with Crippen molar-refractivity contribution < 1.29 is 19.3 Å². The molecule has 0 radical (unpaired) electrons. The van der Waals surface area contributed by atoms with Crippen molar-refractivity contribution in [3.05, 3.63) is 23.3 Å². The summed E-state index contributed by atoms with van der Waals surface area (Å²) in [6.45, 7) is 9.05. The smallest absolute Gasteiger partial charge is 0.179 e. The average Bonchev–Trinajstić information content (AvgIpc) is 3.15. The Labute approximate surface area is 196 Å². The molecule has 1 aromatic rings. The number of nitrogens with zero attached hydrogens (tertiary/aromatic N) is 2. The van der Waals surface area contributed by atoms with E-state index >= 15 is 0 Å². The fourth-order valence-corrected chi connectivity index (χ4v) is 8.91. The van der Waals surface area contributed by atoms with Crippen molar-refractivity contribution in [2.75, 3.05) is 20.8 Å². The van der Waals surface area contributed by atoms with Crippen molar-refractivity contribution in [1.82, 2.24) is 4.90 Å². The Kier molecular flexibility index (Phi) is 4.03.